The number of hydrogen-bond donors (Lipinski definition) is 3. The molecular formula is C17H19ClN2O4. The molecule has 24 heavy (non-hydrogen) atoms. The fraction of sp³-hybridized carbons (Fsp3) is 0.412. The Balaban J connectivity index is 1.86. The van der Waals surface area contributed by atoms with Crippen molar-refractivity contribution in [3.8, 4) is 11.3 Å². The summed E-state index contributed by atoms with van der Waals surface area (Å²) >= 11 is 5.86. The molecule has 0 radical (unpaired) electrons. The van der Waals surface area contributed by atoms with Gasteiger partial charge in [-0.05, 0) is 37.1 Å². The molecular weight excluding hydrogens is 332 g/mol. The Kier molecular flexibility index (Phi) is 4.78. The van der Waals surface area contributed by atoms with Gasteiger partial charge in [0.15, 0.2) is 17.1 Å². The van der Waals surface area contributed by atoms with Gasteiger partial charge in [0, 0.05) is 22.5 Å². The molecule has 1 aromatic carbocycles. The predicted octanol–water partition coefficient (Wildman–Crippen LogP) is 3.66. The molecule has 0 aliphatic heterocycles. The van der Waals surface area contributed by atoms with E-state index in [1.165, 1.54) is 0 Å². The summed E-state index contributed by atoms with van der Waals surface area (Å²) in [6, 6.07) is 6.70. The molecule has 3 rings (SSSR count). The molecule has 2 aromatic rings. The average molecular weight is 351 g/mol. The summed E-state index contributed by atoms with van der Waals surface area (Å²) in [5.41, 5.74) is 0.369. The first-order valence-electron chi connectivity index (χ1n) is 7.88. The lowest BCUT2D eigenvalue weighted by atomic mass is 9.87. The van der Waals surface area contributed by atoms with Crippen molar-refractivity contribution < 1.29 is 19.5 Å². The molecule has 1 aromatic heterocycles. The number of anilines is 1. The number of nitrogens with one attached hydrogen (secondary N) is 1. The molecule has 1 fully saturated rings. The first-order valence-corrected chi connectivity index (χ1v) is 8.26. The summed E-state index contributed by atoms with van der Waals surface area (Å²) in [6.45, 7) is 0.542. The Morgan fingerprint density at radius 3 is 2.54 bits per heavy atom. The molecule has 7 heteroatoms. The van der Waals surface area contributed by atoms with E-state index in [-0.39, 0.29) is 29.2 Å². The van der Waals surface area contributed by atoms with Crippen molar-refractivity contribution in [1.29, 1.82) is 0 Å². The second-order valence-corrected chi connectivity index (χ2v) is 6.70. The van der Waals surface area contributed by atoms with Crippen LogP contribution in [0.25, 0.3) is 11.3 Å². The smallest absolute Gasteiger partial charge is 0.343 e. The molecule has 1 aliphatic carbocycles. The minimum Gasteiger partial charge on any atom is -0.477 e. The van der Waals surface area contributed by atoms with Crippen LogP contribution in [0.5, 0.6) is 0 Å². The van der Waals surface area contributed by atoms with Crippen molar-refractivity contribution in [2.45, 2.75) is 25.7 Å². The van der Waals surface area contributed by atoms with Gasteiger partial charge in [0.2, 0.25) is 0 Å². The Labute approximate surface area is 144 Å². The van der Waals surface area contributed by atoms with Crippen LogP contribution in [0.4, 0.5) is 5.82 Å². The minimum atomic E-state index is -1.12. The number of benzene rings is 1. The number of aliphatic hydroxyl groups excluding tert-OH is 1. The summed E-state index contributed by atoms with van der Waals surface area (Å²) < 4.78 is 5.27. The van der Waals surface area contributed by atoms with Gasteiger partial charge in [-0.2, -0.15) is 0 Å². The zero-order chi connectivity index (χ0) is 17.2. The van der Waals surface area contributed by atoms with Crippen LogP contribution in [0.15, 0.2) is 28.8 Å². The maximum atomic E-state index is 11.7. The highest BCUT2D eigenvalue weighted by Gasteiger charge is 2.34. The zero-order valence-electron chi connectivity index (χ0n) is 13.1. The lowest BCUT2D eigenvalue weighted by molar-refractivity contribution is 0.0698. The number of hydrogen-bond acceptors (Lipinski definition) is 5. The van der Waals surface area contributed by atoms with E-state index in [4.69, 9.17) is 16.1 Å². The number of halogens is 1. The van der Waals surface area contributed by atoms with E-state index in [0.29, 0.717) is 17.1 Å². The van der Waals surface area contributed by atoms with Gasteiger partial charge in [-0.25, -0.2) is 4.79 Å². The summed E-state index contributed by atoms with van der Waals surface area (Å²) in [7, 11) is 0. The number of aliphatic hydroxyl groups is 1. The molecule has 0 bridgehead atoms. The number of rotatable bonds is 6. The van der Waals surface area contributed by atoms with Crippen LogP contribution < -0.4 is 5.32 Å². The Bertz CT molecular complexity index is 721. The number of carbonyl (C=O) groups is 1. The summed E-state index contributed by atoms with van der Waals surface area (Å²) in [6.07, 6.45) is 3.98. The van der Waals surface area contributed by atoms with Crippen LogP contribution in [0, 0.1) is 5.41 Å². The Morgan fingerprint density at radius 1 is 1.29 bits per heavy atom. The maximum Gasteiger partial charge on any atom is 0.343 e. The molecule has 6 nitrogen and oxygen atoms in total. The van der Waals surface area contributed by atoms with Crippen LogP contribution in [0.3, 0.4) is 0 Å². The monoisotopic (exact) mass is 350 g/mol. The highest BCUT2D eigenvalue weighted by Crippen LogP contribution is 2.38. The van der Waals surface area contributed by atoms with Crippen molar-refractivity contribution in [2.75, 3.05) is 18.5 Å². The lowest BCUT2D eigenvalue weighted by Gasteiger charge is -2.26. The molecule has 1 saturated carbocycles. The second-order valence-electron chi connectivity index (χ2n) is 6.27. The van der Waals surface area contributed by atoms with Crippen molar-refractivity contribution >= 4 is 23.4 Å². The van der Waals surface area contributed by atoms with Crippen LogP contribution in [0.1, 0.15) is 36.0 Å². The molecule has 0 spiro atoms. The number of carboxylic acid groups (broad SMARTS) is 1. The Morgan fingerprint density at radius 2 is 1.96 bits per heavy atom. The van der Waals surface area contributed by atoms with Crippen LogP contribution in [0.2, 0.25) is 5.02 Å². The molecule has 128 valence electrons. The third-order valence-corrected chi connectivity index (χ3v) is 4.89. The van der Waals surface area contributed by atoms with Gasteiger partial charge in [0.1, 0.15) is 0 Å². The quantitative estimate of drug-likeness (QED) is 0.735. The van der Waals surface area contributed by atoms with Gasteiger partial charge in [0.25, 0.3) is 0 Å². The molecule has 0 amide bonds. The number of aromatic carboxylic acids is 1. The number of carboxylic acids is 1. The van der Waals surface area contributed by atoms with Gasteiger partial charge in [-0.1, -0.05) is 29.6 Å². The van der Waals surface area contributed by atoms with E-state index in [9.17, 15) is 15.0 Å². The molecule has 1 heterocycles. The third kappa shape index (κ3) is 3.25. The highest BCUT2D eigenvalue weighted by atomic mass is 35.5. The van der Waals surface area contributed by atoms with Crippen LogP contribution in [-0.4, -0.2) is 34.5 Å². The van der Waals surface area contributed by atoms with Crippen molar-refractivity contribution in [3.63, 3.8) is 0 Å². The normalized spacial score (nSPS) is 16.2. The minimum absolute atomic E-state index is 0.0107. The highest BCUT2D eigenvalue weighted by molar-refractivity contribution is 6.30. The van der Waals surface area contributed by atoms with E-state index in [1.54, 1.807) is 24.3 Å². The molecule has 0 atom stereocenters. The van der Waals surface area contributed by atoms with Gasteiger partial charge in [-0.15, -0.1) is 0 Å². The standard InChI is InChI=1S/C17H19ClN2O4/c18-12-5-3-11(4-6-12)14-13(16(22)23)15(20-24-14)19-9-17(10-21)7-1-2-8-17/h3-6,21H,1-2,7-10H2,(H,19,20)(H,22,23). The van der Waals surface area contributed by atoms with Crippen LogP contribution in [-0.2, 0) is 0 Å². The van der Waals surface area contributed by atoms with Gasteiger partial charge >= 0.3 is 5.97 Å². The topological polar surface area (TPSA) is 95.6 Å². The van der Waals surface area contributed by atoms with E-state index in [1.807, 2.05) is 0 Å². The van der Waals surface area contributed by atoms with Gasteiger partial charge in [-0.3, -0.25) is 0 Å². The molecule has 0 unspecified atom stereocenters. The van der Waals surface area contributed by atoms with Gasteiger partial charge < -0.3 is 20.1 Å². The van der Waals surface area contributed by atoms with Gasteiger partial charge in [0.05, 0.1) is 6.61 Å². The first kappa shape index (κ1) is 16.8. The van der Waals surface area contributed by atoms with Crippen LogP contribution >= 0.6 is 11.6 Å². The van der Waals surface area contributed by atoms with E-state index in [2.05, 4.69) is 10.5 Å². The molecule has 1 aliphatic rings. The summed E-state index contributed by atoms with van der Waals surface area (Å²) in [4.78, 5) is 11.7. The van der Waals surface area contributed by atoms with Crippen molar-refractivity contribution in [1.82, 2.24) is 5.16 Å². The van der Waals surface area contributed by atoms with Crippen molar-refractivity contribution in [2.24, 2.45) is 5.41 Å². The Hall–Kier alpha value is -2.05. The molecule has 3 N–H and O–H groups in total. The SMILES string of the molecule is O=C(O)c1c(NCC2(CO)CCCC2)noc1-c1ccc(Cl)cc1. The van der Waals surface area contributed by atoms with E-state index in [0.717, 1.165) is 25.7 Å². The summed E-state index contributed by atoms with van der Waals surface area (Å²) in [5.74, 6) is -0.744. The second kappa shape index (κ2) is 6.83. The average Bonchev–Trinajstić information content (AvgIpc) is 3.21. The van der Waals surface area contributed by atoms with E-state index >= 15 is 0 Å². The fourth-order valence-corrected chi connectivity index (χ4v) is 3.32. The predicted molar refractivity (Wildman–Crippen MR) is 90.4 cm³/mol. The lowest BCUT2D eigenvalue weighted by Crippen LogP contribution is -2.31. The van der Waals surface area contributed by atoms with Crippen molar-refractivity contribution in [3.05, 3.63) is 34.9 Å². The first-order chi connectivity index (χ1) is 11.5. The zero-order valence-corrected chi connectivity index (χ0v) is 13.8. The number of nitrogens with zero attached hydrogens (tertiary/aromatic N) is 1. The fourth-order valence-electron chi connectivity index (χ4n) is 3.19. The largest absolute Gasteiger partial charge is 0.477 e. The third-order valence-electron chi connectivity index (χ3n) is 4.64. The maximum absolute atomic E-state index is 11.7. The molecule has 0 saturated heterocycles. The van der Waals surface area contributed by atoms with E-state index < -0.39 is 5.97 Å². The number of aromatic nitrogens is 1. The summed E-state index contributed by atoms with van der Waals surface area (Å²) in [5, 5.41) is 26.7.